The third-order valence-corrected chi connectivity index (χ3v) is 3.96. The van der Waals surface area contributed by atoms with E-state index in [-0.39, 0.29) is 0 Å². The van der Waals surface area contributed by atoms with Crippen LogP contribution in [0.5, 0.6) is 0 Å². The van der Waals surface area contributed by atoms with Crippen LogP contribution in [0.25, 0.3) is 0 Å². The fourth-order valence-corrected chi connectivity index (χ4v) is 2.62. The fraction of sp³-hybridized carbons (Fsp3) is 0.263. The van der Waals surface area contributed by atoms with E-state index in [1.807, 2.05) is 61.5 Å². The van der Waals surface area contributed by atoms with Crippen LogP contribution in [-0.4, -0.2) is 24.9 Å². The summed E-state index contributed by atoms with van der Waals surface area (Å²) < 4.78 is 0. The van der Waals surface area contributed by atoms with Gasteiger partial charge in [0, 0.05) is 23.8 Å². The van der Waals surface area contributed by atoms with E-state index in [1.54, 1.807) is 0 Å². The van der Waals surface area contributed by atoms with Gasteiger partial charge in [0.15, 0.2) is 0 Å². The van der Waals surface area contributed by atoms with Gasteiger partial charge < -0.3 is 10.2 Å². The Bertz CT molecular complexity index is 689. The zero-order chi connectivity index (χ0) is 17.4. The van der Waals surface area contributed by atoms with E-state index in [1.165, 1.54) is 4.90 Å². The maximum absolute atomic E-state index is 12.4. The van der Waals surface area contributed by atoms with Gasteiger partial charge in [0.1, 0.15) is 0 Å². The summed E-state index contributed by atoms with van der Waals surface area (Å²) >= 11 is 6.09. The van der Waals surface area contributed by atoms with Crippen LogP contribution in [-0.2, 0) is 16.0 Å². The molecule has 0 saturated heterocycles. The molecule has 0 aliphatic carbocycles. The first kappa shape index (κ1) is 18.0. The van der Waals surface area contributed by atoms with Gasteiger partial charge in [-0.3, -0.25) is 9.59 Å². The maximum Gasteiger partial charge on any atom is 0.316 e. The quantitative estimate of drug-likeness (QED) is 0.816. The van der Waals surface area contributed by atoms with Gasteiger partial charge >= 0.3 is 11.8 Å². The van der Waals surface area contributed by atoms with Gasteiger partial charge in [-0.15, -0.1) is 0 Å². The third kappa shape index (κ3) is 4.83. The number of nitrogens with zero attached hydrogens (tertiary/aromatic N) is 1. The molecule has 0 spiro atoms. The molecular weight excluding hydrogens is 324 g/mol. The van der Waals surface area contributed by atoms with Gasteiger partial charge in [0.2, 0.25) is 0 Å². The first-order chi connectivity index (χ1) is 11.6. The Morgan fingerprint density at radius 2 is 1.71 bits per heavy atom. The van der Waals surface area contributed by atoms with Gasteiger partial charge in [-0.25, -0.2) is 0 Å². The highest BCUT2D eigenvalue weighted by atomic mass is 35.5. The maximum atomic E-state index is 12.4. The van der Waals surface area contributed by atoms with E-state index in [0.29, 0.717) is 24.5 Å². The van der Waals surface area contributed by atoms with Gasteiger partial charge in [0.05, 0.1) is 0 Å². The van der Waals surface area contributed by atoms with Gasteiger partial charge in [-0.1, -0.05) is 54.9 Å². The molecule has 1 N–H and O–H groups in total. The van der Waals surface area contributed by atoms with Crippen molar-refractivity contribution in [3.8, 4) is 0 Å². The second kappa shape index (κ2) is 9.08. The molecule has 126 valence electrons. The first-order valence-corrected chi connectivity index (χ1v) is 8.39. The number of hydrogen-bond donors (Lipinski definition) is 1. The van der Waals surface area contributed by atoms with Crippen LogP contribution in [0, 0.1) is 0 Å². The second-order valence-corrected chi connectivity index (χ2v) is 5.80. The molecular formula is C19H21ClN2O2. The van der Waals surface area contributed by atoms with E-state index >= 15 is 0 Å². The molecule has 0 bridgehead atoms. The van der Waals surface area contributed by atoms with Crippen LogP contribution < -0.4 is 10.2 Å². The lowest BCUT2D eigenvalue weighted by atomic mass is 10.1. The molecule has 0 atom stereocenters. The number of rotatable bonds is 6. The summed E-state index contributed by atoms with van der Waals surface area (Å²) in [4.78, 5) is 26.1. The lowest BCUT2D eigenvalue weighted by Crippen LogP contribution is -2.44. The van der Waals surface area contributed by atoms with E-state index in [0.717, 1.165) is 17.7 Å². The number of amides is 2. The van der Waals surface area contributed by atoms with Crippen LogP contribution in [0.2, 0.25) is 5.02 Å². The lowest BCUT2D eigenvalue weighted by molar-refractivity contribution is -0.137. The van der Waals surface area contributed by atoms with Crippen molar-refractivity contribution in [1.82, 2.24) is 5.32 Å². The average Bonchev–Trinajstić information content (AvgIpc) is 2.61. The minimum Gasteiger partial charge on any atom is -0.347 e. The van der Waals surface area contributed by atoms with E-state index < -0.39 is 11.8 Å². The van der Waals surface area contributed by atoms with Crippen LogP contribution in [0.1, 0.15) is 18.9 Å². The van der Waals surface area contributed by atoms with Crippen molar-refractivity contribution < 1.29 is 9.59 Å². The number of anilines is 1. The number of para-hydroxylation sites is 1. The summed E-state index contributed by atoms with van der Waals surface area (Å²) in [7, 11) is 0. The van der Waals surface area contributed by atoms with E-state index in [9.17, 15) is 9.59 Å². The fourth-order valence-electron chi connectivity index (χ4n) is 2.39. The Hall–Kier alpha value is -2.33. The van der Waals surface area contributed by atoms with Gasteiger partial charge in [0.25, 0.3) is 0 Å². The molecule has 0 aromatic heterocycles. The Balaban J connectivity index is 1.95. The molecule has 2 amide bonds. The minimum absolute atomic E-state index is 0.364. The summed E-state index contributed by atoms with van der Waals surface area (Å²) in [6.07, 6.45) is 1.35. The molecule has 0 fully saturated rings. The lowest BCUT2D eigenvalue weighted by Gasteiger charge is -2.21. The average molecular weight is 345 g/mol. The molecule has 2 aromatic rings. The Kier molecular flexibility index (Phi) is 6.82. The smallest absolute Gasteiger partial charge is 0.316 e. The zero-order valence-electron chi connectivity index (χ0n) is 13.7. The molecule has 5 heteroatoms. The number of halogens is 1. The summed E-state index contributed by atoms with van der Waals surface area (Å²) in [5.74, 6) is -1.14. The predicted molar refractivity (Wildman–Crippen MR) is 97.3 cm³/mol. The zero-order valence-corrected chi connectivity index (χ0v) is 14.4. The SMILES string of the molecule is CCCN(C(=O)C(=O)NCCc1ccccc1Cl)c1ccccc1. The number of hydrogen-bond acceptors (Lipinski definition) is 2. The van der Waals surface area contributed by atoms with Crippen molar-refractivity contribution in [2.45, 2.75) is 19.8 Å². The first-order valence-electron chi connectivity index (χ1n) is 8.01. The van der Waals surface area contributed by atoms with Crippen molar-refractivity contribution in [3.63, 3.8) is 0 Å². The Morgan fingerprint density at radius 3 is 2.38 bits per heavy atom. The minimum atomic E-state index is -0.598. The molecule has 0 unspecified atom stereocenters. The van der Waals surface area contributed by atoms with Crippen LogP contribution in [0.3, 0.4) is 0 Å². The Morgan fingerprint density at radius 1 is 1.04 bits per heavy atom. The number of carbonyl (C=O) groups excluding carboxylic acids is 2. The van der Waals surface area contributed by atoms with E-state index in [4.69, 9.17) is 11.6 Å². The van der Waals surface area contributed by atoms with Crippen molar-refractivity contribution in [1.29, 1.82) is 0 Å². The summed E-state index contributed by atoms with van der Waals surface area (Å²) in [6.45, 7) is 2.84. The van der Waals surface area contributed by atoms with Crippen LogP contribution in [0.4, 0.5) is 5.69 Å². The number of benzene rings is 2. The van der Waals surface area contributed by atoms with Crippen molar-refractivity contribution >= 4 is 29.1 Å². The Labute approximate surface area is 147 Å². The number of carbonyl (C=O) groups is 2. The van der Waals surface area contributed by atoms with Gasteiger partial charge in [-0.2, -0.15) is 0 Å². The third-order valence-electron chi connectivity index (χ3n) is 3.59. The molecule has 2 aromatic carbocycles. The highest BCUT2D eigenvalue weighted by molar-refractivity contribution is 6.40. The largest absolute Gasteiger partial charge is 0.347 e. The molecule has 0 radical (unpaired) electrons. The molecule has 4 nitrogen and oxygen atoms in total. The topological polar surface area (TPSA) is 49.4 Å². The van der Waals surface area contributed by atoms with Crippen molar-refractivity contribution in [2.75, 3.05) is 18.0 Å². The standard InChI is InChI=1S/C19H21ClN2O2/c1-2-14-22(16-9-4-3-5-10-16)19(24)18(23)21-13-12-15-8-6-7-11-17(15)20/h3-11H,2,12-14H2,1H3,(H,21,23). The number of nitrogens with one attached hydrogen (secondary N) is 1. The molecule has 0 heterocycles. The molecule has 0 aliphatic heterocycles. The molecule has 2 rings (SSSR count). The predicted octanol–water partition coefficient (Wildman–Crippen LogP) is 3.44. The normalized spacial score (nSPS) is 10.2. The highest BCUT2D eigenvalue weighted by Gasteiger charge is 2.22. The monoisotopic (exact) mass is 344 g/mol. The van der Waals surface area contributed by atoms with Crippen molar-refractivity contribution in [2.24, 2.45) is 0 Å². The molecule has 0 aliphatic rings. The van der Waals surface area contributed by atoms with Gasteiger partial charge in [-0.05, 0) is 36.6 Å². The highest BCUT2D eigenvalue weighted by Crippen LogP contribution is 2.15. The summed E-state index contributed by atoms with van der Waals surface area (Å²) in [5, 5.41) is 3.34. The van der Waals surface area contributed by atoms with Crippen LogP contribution >= 0.6 is 11.6 Å². The van der Waals surface area contributed by atoms with Crippen LogP contribution in [0.15, 0.2) is 54.6 Å². The molecule has 24 heavy (non-hydrogen) atoms. The summed E-state index contributed by atoms with van der Waals surface area (Å²) in [5.41, 5.74) is 1.67. The van der Waals surface area contributed by atoms with E-state index in [2.05, 4.69) is 5.32 Å². The van der Waals surface area contributed by atoms with Crippen molar-refractivity contribution in [3.05, 3.63) is 65.2 Å². The second-order valence-electron chi connectivity index (χ2n) is 5.39. The molecule has 0 saturated carbocycles. The summed E-state index contributed by atoms with van der Waals surface area (Å²) in [6, 6.07) is 16.7.